The molecule has 0 saturated heterocycles. The largest absolute Gasteiger partial charge is 0.262 e. The van der Waals surface area contributed by atoms with Crippen LogP contribution in [0.15, 0.2) is 36.5 Å². The quantitative estimate of drug-likeness (QED) is 0.587. The number of hydrogen-bond donors (Lipinski definition) is 0. The maximum atomic E-state index is 4.24. The molecule has 0 radical (unpaired) electrons. The van der Waals surface area contributed by atoms with E-state index < -0.39 is 0 Å². The Kier molecular flexibility index (Phi) is 3.44. The van der Waals surface area contributed by atoms with Gasteiger partial charge in [0.25, 0.3) is 0 Å². The lowest BCUT2D eigenvalue weighted by molar-refractivity contribution is 1.21. The Morgan fingerprint density at radius 3 is 2.38 bits per heavy atom. The van der Waals surface area contributed by atoms with Crippen LogP contribution in [0.3, 0.4) is 0 Å². The van der Waals surface area contributed by atoms with Crippen molar-refractivity contribution in [2.75, 3.05) is 0 Å². The highest BCUT2D eigenvalue weighted by molar-refractivity contribution is 5.16. The van der Waals surface area contributed by atoms with Gasteiger partial charge >= 0.3 is 0 Å². The van der Waals surface area contributed by atoms with Gasteiger partial charge in [0.2, 0.25) is 0 Å². The topological polar surface area (TPSA) is 12.9 Å². The van der Waals surface area contributed by atoms with Crippen molar-refractivity contribution in [3.8, 4) is 0 Å². The van der Waals surface area contributed by atoms with Crippen molar-refractivity contribution in [1.82, 2.24) is 4.98 Å². The van der Waals surface area contributed by atoms with Crippen molar-refractivity contribution < 1.29 is 0 Å². The van der Waals surface area contributed by atoms with Crippen molar-refractivity contribution in [1.29, 1.82) is 0 Å². The summed E-state index contributed by atoms with van der Waals surface area (Å²) in [6.45, 7) is 6.16. The molecule has 0 spiro atoms. The second-order valence-corrected chi connectivity index (χ2v) is 3.24. The van der Waals surface area contributed by atoms with Gasteiger partial charge in [0.1, 0.15) is 0 Å². The maximum absolute atomic E-state index is 4.24. The summed E-state index contributed by atoms with van der Waals surface area (Å²) in [5.41, 5.74) is 3.50. The smallest absolute Gasteiger partial charge is 0.0372 e. The Morgan fingerprint density at radius 2 is 1.62 bits per heavy atom. The van der Waals surface area contributed by atoms with E-state index in [9.17, 15) is 0 Å². The summed E-state index contributed by atoms with van der Waals surface area (Å²) in [5.74, 6) is 0. The Labute approximate surface area is 79.8 Å². The van der Waals surface area contributed by atoms with Gasteiger partial charge in [-0.05, 0) is 38.5 Å². The molecule has 1 heteroatoms. The molecule has 0 unspecified atom stereocenters. The number of aromatic nitrogens is 1. The predicted octanol–water partition coefficient (Wildman–Crippen LogP) is 3.13. The second-order valence-electron chi connectivity index (χ2n) is 3.24. The lowest BCUT2D eigenvalue weighted by Crippen LogP contribution is -1.74. The van der Waals surface area contributed by atoms with E-state index in [0.29, 0.717) is 0 Å². The fraction of sp³-hybridized carbons (Fsp3) is 0.250. The van der Waals surface area contributed by atoms with Gasteiger partial charge in [-0.15, -0.1) is 0 Å². The summed E-state index contributed by atoms with van der Waals surface area (Å²) in [4.78, 5) is 4.24. The van der Waals surface area contributed by atoms with Crippen LogP contribution in [0.25, 0.3) is 0 Å². The highest BCUT2D eigenvalue weighted by atomic mass is 14.6. The fourth-order valence-electron chi connectivity index (χ4n) is 1.11. The molecule has 1 heterocycles. The van der Waals surface area contributed by atoms with Gasteiger partial charge in [-0.25, -0.2) is 0 Å². The molecule has 1 aromatic heterocycles. The lowest BCUT2D eigenvalue weighted by atomic mass is 10.2. The zero-order chi connectivity index (χ0) is 9.68. The van der Waals surface area contributed by atoms with E-state index in [0.717, 1.165) is 5.69 Å². The minimum absolute atomic E-state index is 1.02. The highest BCUT2D eigenvalue weighted by Gasteiger charge is 1.80. The molecule has 0 saturated carbocycles. The molecular formula is C12H15N. The molecule has 68 valence electrons. The summed E-state index contributed by atoms with van der Waals surface area (Å²) < 4.78 is 0. The average Bonchev–Trinajstić information content (AvgIpc) is 2.03. The SMILES string of the molecule is Cc1cccc(C)nccc(C)c1. The Bertz CT molecular complexity index is 310. The zero-order valence-corrected chi connectivity index (χ0v) is 8.41. The van der Waals surface area contributed by atoms with Crippen molar-refractivity contribution in [2.24, 2.45) is 0 Å². The van der Waals surface area contributed by atoms with E-state index in [-0.39, 0.29) is 0 Å². The molecule has 0 atom stereocenters. The lowest BCUT2D eigenvalue weighted by Gasteiger charge is -1.89. The molecule has 0 aliphatic heterocycles. The molecule has 0 aliphatic rings. The van der Waals surface area contributed by atoms with Crippen LogP contribution in [0.5, 0.6) is 0 Å². The van der Waals surface area contributed by atoms with Crippen LogP contribution >= 0.6 is 0 Å². The number of aryl methyl sites for hydroxylation is 3. The maximum Gasteiger partial charge on any atom is 0.0372 e. The third kappa shape index (κ3) is 3.70. The van der Waals surface area contributed by atoms with E-state index in [1.54, 1.807) is 0 Å². The summed E-state index contributed by atoms with van der Waals surface area (Å²) in [7, 11) is 0. The second kappa shape index (κ2) is 4.61. The van der Waals surface area contributed by atoms with E-state index in [1.165, 1.54) is 11.1 Å². The monoisotopic (exact) mass is 173 g/mol. The van der Waals surface area contributed by atoms with Gasteiger partial charge in [0.05, 0.1) is 0 Å². The van der Waals surface area contributed by atoms with E-state index >= 15 is 0 Å². The summed E-state index contributed by atoms with van der Waals surface area (Å²) in [6, 6.07) is 10.3. The van der Waals surface area contributed by atoms with Crippen LogP contribution in [-0.4, -0.2) is 4.98 Å². The van der Waals surface area contributed by atoms with Gasteiger partial charge in [0, 0.05) is 11.9 Å². The minimum Gasteiger partial charge on any atom is -0.262 e. The number of rotatable bonds is 0. The summed E-state index contributed by atoms with van der Waals surface area (Å²) in [6.07, 6.45) is 1.84. The van der Waals surface area contributed by atoms with Crippen LogP contribution in [0.4, 0.5) is 0 Å². The molecule has 0 aromatic carbocycles. The molecule has 0 N–H and O–H groups in total. The van der Waals surface area contributed by atoms with Gasteiger partial charge in [-0.3, -0.25) is 4.98 Å². The third-order valence-electron chi connectivity index (χ3n) is 1.77. The highest BCUT2D eigenvalue weighted by Crippen LogP contribution is 1.97. The van der Waals surface area contributed by atoms with E-state index in [1.807, 2.05) is 31.3 Å². The van der Waals surface area contributed by atoms with Crippen molar-refractivity contribution >= 4 is 0 Å². The van der Waals surface area contributed by atoms with Gasteiger partial charge in [0.15, 0.2) is 0 Å². The van der Waals surface area contributed by atoms with E-state index in [4.69, 9.17) is 0 Å². The fourth-order valence-corrected chi connectivity index (χ4v) is 1.11. The number of nitrogens with zero attached hydrogens (tertiary/aromatic N) is 1. The molecule has 0 fully saturated rings. The van der Waals surface area contributed by atoms with Gasteiger partial charge in [-0.2, -0.15) is 0 Å². The van der Waals surface area contributed by atoms with Crippen LogP contribution in [0.2, 0.25) is 0 Å². The van der Waals surface area contributed by atoms with Gasteiger partial charge in [-0.1, -0.05) is 23.8 Å². The Hall–Kier alpha value is -1.37. The molecule has 0 bridgehead atoms. The van der Waals surface area contributed by atoms with Crippen LogP contribution < -0.4 is 0 Å². The normalized spacial score (nSPS) is 9.15. The molecule has 0 aliphatic carbocycles. The zero-order valence-electron chi connectivity index (χ0n) is 8.41. The number of hydrogen-bond acceptors (Lipinski definition) is 1. The molecule has 1 nitrogen and oxygen atoms in total. The Balaban J connectivity index is 3.31. The van der Waals surface area contributed by atoms with E-state index in [2.05, 4.69) is 31.0 Å². The standard InChI is InChI=1S/C12H15N/c1-10-5-4-6-12(3)13-8-7-11(2)9-10/h4-9H,1-3H3. The van der Waals surface area contributed by atoms with Crippen molar-refractivity contribution in [3.63, 3.8) is 0 Å². The minimum atomic E-state index is 1.02. The molecule has 13 heavy (non-hydrogen) atoms. The molecular weight excluding hydrogens is 158 g/mol. The first-order valence-corrected chi connectivity index (χ1v) is 4.43. The summed E-state index contributed by atoms with van der Waals surface area (Å²) >= 11 is 0. The first kappa shape index (κ1) is 9.72. The third-order valence-corrected chi connectivity index (χ3v) is 1.77. The first-order valence-electron chi connectivity index (χ1n) is 4.43. The van der Waals surface area contributed by atoms with Gasteiger partial charge < -0.3 is 0 Å². The van der Waals surface area contributed by atoms with Crippen molar-refractivity contribution in [2.45, 2.75) is 20.8 Å². The van der Waals surface area contributed by atoms with Crippen LogP contribution in [0.1, 0.15) is 16.8 Å². The first-order chi connectivity index (χ1) is 6.18. The predicted molar refractivity (Wildman–Crippen MR) is 56.1 cm³/mol. The Morgan fingerprint density at radius 1 is 0.923 bits per heavy atom. The molecule has 1 rings (SSSR count). The van der Waals surface area contributed by atoms with Crippen molar-refractivity contribution in [3.05, 3.63) is 53.3 Å². The van der Waals surface area contributed by atoms with Crippen LogP contribution in [0, 0.1) is 20.8 Å². The summed E-state index contributed by atoms with van der Waals surface area (Å²) in [5, 5.41) is 0. The molecule has 1 aromatic rings. The molecule has 0 amide bonds. The average molecular weight is 173 g/mol. The van der Waals surface area contributed by atoms with Crippen LogP contribution in [-0.2, 0) is 0 Å².